The zero-order valence-corrected chi connectivity index (χ0v) is 17.9. The van der Waals surface area contributed by atoms with Gasteiger partial charge in [-0.1, -0.05) is 35.4 Å². The van der Waals surface area contributed by atoms with Gasteiger partial charge < -0.3 is 5.32 Å². The summed E-state index contributed by atoms with van der Waals surface area (Å²) >= 11 is 6.13. The smallest absolute Gasteiger partial charge is 0.263 e. The zero-order valence-electron chi connectivity index (χ0n) is 16.3. The van der Waals surface area contributed by atoms with E-state index in [1.165, 1.54) is 18.2 Å². The molecule has 0 heterocycles. The van der Waals surface area contributed by atoms with Crippen LogP contribution in [-0.4, -0.2) is 14.3 Å². The molecule has 3 aromatic carbocycles. The van der Waals surface area contributed by atoms with Crippen molar-refractivity contribution in [3.63, 3.8) is 0 Å². The first-order valence-electron chi connectivity index (χ1n) is 8.93. The molecule has 0 fully saturated rings. The second-order valence-electron chi connectivity index (χ2n) is 6.95. The molecule has 2 N–H and O–H groups in total. The SMILES string of the molecule is Cc1ccc(NS(=O)(=O)c2cc(C(=O)Nc3cc(C)cc(C)c3)ccc2Cl)cc1. The van der Waals surface area contributed by atoms with E-state index in [4.69, 9.17) is 11.6 Å². The van der Waals surface area contributed by atoms with E-state index in [-0.39, 0.29) is 15.5 Å². The number of hydrogen-bond acceptors (Lipinski definition) is 3. The van der Waals surface area contributed by atoms with Crippen LogP contribution in [0, 0.1) is 20.8 Å². The molecule has 0 radical (unpaired) electrons. The van der Waals surface area contributed by atoms with Gasteiger partial charge in [0.25, 0.3) is 15.9 Å². The van der Waals surface area contributed by atoms with Gasteiger partial charge in [-0.2, -0.15) is 0 Å². The number of anilines is 2. The van der Waals surface area contributed by atoms with Crippen LogP contribution in [0.5, 0.6) is 0 Å². The number of halogens is 1. The highest BCUT2D eigenvalue weighted by Gasteiger charge is 2.20. The van der Waals surface area contributed by atoms with Crippen LogP contribution in [0.25, 0.3) is 0 Å². The normalized spacial score (nSPS) is 11.2. The van der Waals surface area contributed by atoms with Crippen LogP contribution in [0.15, 0.2) is 65.6 Å². The summed E-state index contributed by atoms with van der Waals surface area (Å²) in [5.74, 6) is -0.418. The van der Waals surface area contributed by atoms with Crippen LogP contribution in [0.2, 0.25) is 5.02 Å². The predicted molar refractivity (Wildman–Crippen MR) is 117 cm³/mol. The summed E-state index contributed by atoms with van der Waals surface area (Å²) in [5.41, 5.74) is 4.29. The maximum absolute atomic E-state index is 12.8. The minimum Gasteiger partial charge on any atom is -0.322 e. The lowest BCUT2D eigenvalue weighted by Crippen LogP contribution is -2.16. The molecular weight excluding hydrogens is 408 g/mol. The van der Waals surface area contributed by atoms with Gasteiger partial charge in [0.15, 0.2) is 0 Å². The number of aryl methyl sites for hydroxylation is 3. The molecule has 0 saturated heterocycles. The first-order valence-corrected chi connectivity index (χ1v) is 10.8. The highest BCUT2D eigenvalue weighted by molar-refractivity contribution is 7.92. The standard InChI is InChI=1S/C22H21ClN2O3S/c1-14-4-7-18(8-5-14)25-29(27,28)21-13-17(6-9-20(21)23)22(26)24-19-11-15(2)10-16(3)12-19/h4-13,25H,1-3H3,(H,24,26). The lowest BCUT2D eigenvalue weighted by molar-refractivity contribution is 0.102. The Balaban J connectivity index is 1.88. The lowest BCUT2D eigenvalue weighted by atomic mass is 10.1. The molecule has 0 bridgehead atoms. The minimum atomic E-state index is -3.96. The average Bonchev–Trinajstić information content (AvgIpc) is 2.62. The molecule has 29 heavy (non-hydrogen) atoms. The number of hydrogen-bond donors (Lipinski definition) is 2. The number of amides is 1. The van der Waals surface area contributed by atoms with Gasteiger partial charge in [-0.15, -0.1) is 0 Å². The number of carbonyl (C=O) groups is 1. The van der Waals surface area contributed by atoms with Gasteiger partial charge in [-0.3, -0.25) is 9.52 Å². The Morgan fingerprint density at radius 2 is 1.41 bits per heavy atom. The Morgan fingerprint density at radius 1 is 0.793 bits per heavy atom. The Hall–Kier alpha value is -2.83. The van der Waals surface area contributed by atoms with Crippen LogP contribution in [0.1, 0.15) is 27.0 Å². The highest BCUT2D eigenvalue weighted by Crippen LogP contribution is 2.26. The van der Waals surface area contributed by atoms with E-state index in [0.717, 1.165) is 16.7 Å². The average molecular weight is 429 g/mol. The second kappa shape index (κ2) is 8.27. The topological polar surface area (TPSA) is 75.3 Å². The van der Waals surface area contributed by atoms with Gasteiger partial charge >= 0.3 is 0 Å². The van der Waals surface area contributed by atoms with E-state index in [2.05, 4.69) is 10.0 Å². The van der Waals surface area contributed by atoms with E-state index >= 15 is 0 Å². The number of benzene rings is 3. The molecule has 150 valence electrons. The third kappa shape index (κ3) is 5.16. The molecule has 0 saturated carbocycles. The monoisotopic (exact) mass is 428 g/mol. The first kappa shape index (κ1) is 20.9. The molecule has 5 nitrogen and oxygen atoms in total. The van der Waals surface area contributed by atoms with Crippen molar-refractivity contribution in [2.24, 2.45) is 0 Å². The van der Waals surface area contributed by atoms with Crippen molar-refractivity contribution >= 4 is 38.9 Å². The van der Waals surface area contributed by atoms with E-state index < -0.39 is 15.9 Å². The molecule has 0 aliphatic heterocycles. The Morgan fingerprint density at radius 3 is 2.03 bits per heavy atom. The number of sulfonamides is 1. The largest absolute Gasteiger partial charge is 0.322 e. The molecular formula is C22H21ClN2O3S. The van der Waals surface area contributed by atoms with Crippen LogP contribution < -0.4 is 10.0 Å². The van der Waals surface area contributed by atoms with Gasteiger partial charge in [0.2, 0.25) is 0 Å². The third-order valence-corrected chi connectivity index (χ3v) is 6.13. The fourth-order valence-corrected chi connectivity index (χ4v) is 4.52. The van der Waals surface area contributed by atoms with Crippen molar-refractivity contribution in [3.05, 3.63) is 87.9 Å². The summed E-state index contributed by atoms with van der Waals surface area (Å²) in [6.45, 7) is 5.78. The van der Waals surface area contributed by atoms with Gasteiger partial charge in [-0.05, 0) is 74.4 Å². The van der Waals surface area contributed by atoms with Crippen LogP contribution >= 0.6 is 11.6 Å². The van der Waals surface area contributed by atoms with Crippen LogP contribution in [-0.2, 0) is 10.0 Å². The van der Waals surface area contributed by atoms with Gasteiger partial charge in [0.1, 0.15) is 4.90 Å². The van der Waals surface area contributed by atoms with Crippen molar-refractivity contribution in [1.29, 1.82) is 0 Å². The molecule has 0 spiro atoms. The fourth-order valence-electron chi connectivity index (χ4n) is 2.93. The van der Waals surface area contributed by atoms with Crippen molar-refractivity contribution in [2.45, 2.75) is 25.7 Å². The summed E-state index contributed by atoms with van der Waals surface area (Å²) in [6, 6.07) is 16.8. The molecule has 0 unspecified atom stereocenters. The van der Waals surface area contributed by atoms with Crippen molar-refractivity contribution < 1.29 is 13.2 Å². The Labute approximate surface area is 175 Å². The predicted octanol–water partition coefficient (Wildman–Crippen LogP) is 5.32. The molecule has 0 aliphatic rings. The summed E-state index contributed by atoms with van der Waals surface area (Å²) in [5, 5.41) is 2.83. The molecule has 0 aromatic heterocycles. The molecule has 0 aliphatic carbocycles. The number of rotatable bonds is 5. The highest BCUT2D eigenvalue weighted by atomic mass is 35.5. The number of nitrogens with one attached hydrogen (secondary N) is 2. The maximum Gasteiger partial charge on any atom is 0.263 e. The Kier molecular flexibility index (Phi) is 5.96. The molecule has 0 atom stereocenters. The summed E-state index contributed by atoms with van der Waals surface area (Å²) in [6.07, 6.45) is 0. The maximum atomic E-state index is 12.8. The quantitative estimate of drug-likeness (QED) is 0.577. The van der Waals surface area contributed by atoms with Gasteiger partial charge in [0.05, 0.1) is 5.02 Å². The number of carbonyl (C=O) groups excluding carboxylic acids is 1. The van der Waals surface area contributed by atoms with E-state index in [9.17, 15) is 13.2 Å². The molecule has 1 amide bonds. The van der Waals surface area contributed by atoms with Gasteiger partial charge in [0, 0.05) is 16.9 Å². The third-order valence-electron chi connectivity index (χ3n) is 4.27. The van der Waals surface area contributed by atoms with Crippen LogP contribution in [0.4, 0.5) is 11.4 Å². The van der Waals surface area contributed by atoms with E-state index in [1.807, 2.05) is 39.0 Å². The Bertz CT molecular complexity index is 1150. The van der Waals surface area contributed by atoms with Crippen molar-refractivity contribution in [3.8, 4) is 0 Å². The van der Waals surface area contributed by atoms with E-state index in [0.29, 0.717) is 11.4 Å². The molecule has 3 rings (SSSR count). The molecule has 7 heteroatoms. The first-order chi connectivity index (χ1) is 13.6. The van der Waals surface area contributed by atoms with Crippen molar-refractivity contribution in [2.75, 3.05) is 10.0 Å². The summed E-state index contributed by atoms with van der Waals surface area (Å²) in [4.78, 5) is 12.5. The van der Waals surface area contributed by atoms with Crippen LogP contribution in [0.3, 0.4) is 0 Å². The zero-order chi connectivity index (χ0) is 21.2. The minimum absolute atomic E-state index is 0.0348. The summed E-state index contributed by atoms with van der Waals surface area (Å²) < 4.78 is 28.1. The fraction of sp³-hybridized carbons (Fsp3) is 0.136. The van der Waals surface area contributed by atoms with Gasteiger partial charge in [-0.25, -0.2) is 8.42 Å². The van der Waals surface area contributed by atoms with E-state index in [1.54, 1.807) is 24.3 Å². The summed E-state index contributed by atoms with van der Waals surface area (Å²) in [7, 11) is -3.96. The lowest BCUT2D eigenvalue weighted by Gasteiger charge is -2.12. The van der Waals surface area contributed by atoms with Crippen molar-refractivity contribution in [1.82, 2.24) is 0 Å². The second-order valence-corrected chi connectivity index (χ2v) is 9.01. The molecule has 3 aromatic rings.